The number of halogens is 2. The number of hydrogen-bond donors (Lipinski definition) is 1. The zero-order valence-electron chi connectivity index (χ0n) is 9.54. The molecule has 5 heteroatoms. The van der Waals surface area contributed by atoms with E-state index in [4.69, 9.17) is 11.6 Å². The molecule has 0 bridgehead atoms. The van der Waals surface area contributed by atoms with Gasteiger partial charge < -0.3 is 4.98 Å². The molecule has 0 saturated carbocycles. The highest BCUT2D eigenvalue weighted by Crippen LogP contribution is 2.24. The second-order valence-corrected chi connectivity index (χ2v) is 4.45. The van der Waals surface area contributed by atoms with Crippen molar-refractivity contribution in [2.45, 2.75) is 6.92 Å². The van der Waals surface area contributed by atoms with Gasteiger partial charge in [0, 0.05) is 11.3 Å². The Labute approximate surface area is 108 Å². The summed E-state index contributed by atoms with van der Waals surface area (Å²) in [6.07, 6.45) is 0. The number of H-pyrrole nitrogens is 1. The Morgan fingerprint density at radius 3 is 2.78 bits per heavy atom. The molecule has 18 heavy (non-hydrogen) atoms. The van der Waals surface area contributed by atoms with E-state index in [9.17, 15) is 4.39 Å². The Morgan fingerprint density at radius 2 is 2.00 bits per heavy atom. The van der Waals surface area contributed by atoms with Crippen molar-refractivity contribution >= 4 is 22.8 Å². The van der Waals surface area contributed by atoms with E-state index in [1.165, 1.54) is 6.07 Å². The van der Waals surface area contributed by atoms with Crippen molar-refractivity contribution in [3.8, 4) is 11.4 Å². The van der Waals surface area contributed by atoms with Crippen molar-refractivity contribution in [3.63, 3.8) is 0 Å². The summed E-state index contributed by atoms with van der Waals surface area (Å²) in [6, 6.07) is 8.32. The highest BCUT2D eigenvalue weighted by molar-refractivity contribution is 6.31. The van der Waals surface area contributed by atoms with Crippen molar-refractivity contribution in [1.82, 2.24) is 15.0 Å². The van der Waals surface area contributed by atoms with Crippen molar-refractivity contribution in [3.05, 3.63) is 46.9 Å². The molecule has 0 aliphatic heterocycles. The van der Waals surface area contributed by atoms with Gasteiger partial charge in [0.15, 0.2) is 5.65 Å². The van der Waals surface area contributed by atoms with Crippen LogP contribution < -0.4 is 0 Å². The number of aromatic nitrogens is 3. The number of hydrogen-bond acceptors (Lipinski definition) is 2. The van der Waals surface area contributed by atoms with Crippen LogP contribution in [0.3, 0.4) is 0 Å². The van der Waals surface area contributed by atoms with E-state index < -0.39 is 5.82 Å². The maximum absolute atomic E-state index is 13.1. The number of fused-ring (bicyclic) bond motifs is 1. The molecular formula is C13H9ClFN3. The highest BCUT2D eigenvalue weighted by Gasteiger charge is 2.08. The zero-order valence-corrected chi connectivity index (χ0v) is 10.3. The van der Waals surface area contributed by atoms with Crippen molar-refractivity contribution in [1.29, 1.82) is 0 Å². The number of rotatable bonds is 1. The number of aryl methyl sites for hydroxylation is 1. The van der Waals surface area contributed by atoms with E-state index in [2.05, 4.69) is 15.0 Å². The second kappa shape index (κ2) is 4.07. The van der Waals surface area contributed by atoms with Gasteiger partial charge in [-0.05, 0) is 37.3 Å². The number of aromatic amines is 1. The average molecular weight is 262 g/mol. The lowest BCUT2D eigenvalue weighted by molar-refractivity contribution is 0.628. The summed E-state index contributed by atoms with van der Waals surface area (Å²) >= 11 is 5.76. The van der Waals surface area contributed by atoms with Crippen molar-refractivity contribution in [2.24, 2.45) is 0 Å². The molecule has 2 aromatic heterocycles. The van der Waals surface area contributed by atoms with Crippen LogP contribution in [0.25, 0.3) is 22.6 Å². The third-order valence-corrected chi connectivity index (χ3v) is 2.97. The van der Waals surface area contributed by atoms with E-state index >= 15 is 0 Å². The van der Waals surface area contributed by atoms with E-state index in [0.717, 1.165) is 16.8 Å². The van der Waals surface area contributed by atoms with Crippen LogP contribution in [0.4, 0.5) is 4.39 Å². The highest BCUT2D eigenvalue weighted by atomic mass is 35.5. The van der Waals surface area contributed by atoms with E-state index in [0.29, 0.717) is 11.5 Å². The van der Waals surface area contributed by atoms with Gasteiger partial charge in [0.2, 0.25) is 0 Å². The van der Waals surface area contributed by atoms with Crippen LogP contribution >= 0.6 is 11.6 Å². The van der Waals surface area contributed by atoms with Crippen LogP contribution in [0, 0.1) is 12.7 Å². The summed E-state index contributed by atoms with van der Waals surface area (Å²) in [5, 5.41) is 0.0806. The lowest BCUT2D eigenvalue weighted by Gasteiger charge is -1.98. The van der Waals surface area contributed by atoms with Crippen LogP contribution in [0.2, 0.25) is 5.02 Å². The number of nitrogens with one attached hydrogen (secondary N) is 1. The smallest absolute Gasteiger partial charge is 0.178 e. The molecule has 0 amide bonds. The van der Waals surface area contributed by atoms with Crippen LogP contribution in [-0.4, -0.2) is 15.0 Å². The first-order chi connectivity index (χ1) is 8.63. The van der Waals surface area contributed by atoms with Gasteiger partial charge in [0.25, 0.3) is 0 Å². The first-order valence-electron chi connectivity index (χ1n) is 5.42. The summed E-state index contributed by atoms with van der Waals surface area (Å²) in [6.45, 7) is 1.91. The van der Waals surface area contributed by atoms with Crippen molar-refractivity contribution in [2.75, 3.05) is 0 Å². The van der Waals surface area contributed by atoms with E-state index in [-0.39, 0.29) is 5.02 Å². The van der Waals surface area contributed by atoms with E-state index in [1.807, 2.05) is 19.1 Å². The third kappa shape index (κ3) is 1.84. The van der Waals surface area contributed by atoms with Gasteiger partial charge in [-0.3, -0.25) is 0 Å². The van der Waals surface area contributed by atoms with Gasteiger partial charge in [0.1, 0.15) is 11.6 Å². The van der Waals surface area contributed by atoms with Crippen LogP contribution in [0.15, 0.2) is 30.3 Å². The lowest BCUT2D eigenvalue weighted by atomic mass is 10.2. The third-order valence-electron chi connectivity index (χ3n) is 2.68. The largest absolute Gasteiger partial charge is 0.337 e. The SMILES string of the molecule is Cc1ccc2[nH]c(-c3ccc(F)c(Cl)c3)nc2n1. The predicted molar refractivity (Wildman–Crippen MR) is 69.0 cm³/mol. The molecule has 0 fully saturated rings. The molecule has 0 spiro atoms. The standard InChI is InChI=1S/C13H9ClFN3/c1-7-2-5-11-13(16-7)18-12(17-11)8-3-4-10(15)9(14)6-8/h2-6H,1H3,(H,16,17,18). The molecule has 0 radical (unpaired) electrons. The Hall–Kier alpha value is -1.94. The van der Waals surface area contributed by atoms with Crippen LogP contribution in [0.5, 0.6) is 0 Å². The molecule has 0 atom stereocenters. The summed E-state index contributed by atoms with van der Waals surface area (Å²) in [5.74, 6) is 0.190. The molecule has 0 unspecified atom stereocenters. The number of benzene rings is 1. The summed E-state index contributed by atoms with van der Waals surface area (Å²) in [5.41, 5.74) is 3.12. The fourth-order valence-corrected chi connectivity index (χ4v) is 1.95. The van der Waals surface area contributed by atoms with Gasteiger partial charge in [-0.2, -0.15) is 0 Å². The Bertz CT molecular complexity index is 736. The molecule has 0 saturated heterocycles. The number of nitrogens with zero attached hydrogens (tertiary/aromatic N) is 2. The molecule has 1 N–H and O–H groups in total. The minimum atomic E-state index is -0.439. The minimum absolute atomic E-state index is 0.0806. The number of pyridine rings is 1. The van der Waals surface area contributed by atoms with Crippen LogP contribution in [-0.2, 0) is 0 Å². The first kappa shape index (κ1) is 11.2. The first-order valence-corrected chi connectivity index (χ1v) is 5.80. The molecule has 90 valence electrons. The van der Waals surface area contributed by atoms with Gasteiger partial charge in [-0.1, -0.05) is 11.6 Å². The fraction of sp³-hybridized carbons (Fsp3) is 0.0769. The normalized spacial score (nSPS) is 11.1. The maximum atomic E-state index is 13.1. The van der Waals surface area contributed by atoms with E-state index in [1.54, 1.807) is 12.1 Å². The lowest BCUT2D eigenvalue weighted by Crippen LogP contribution is -1.83. The minimum Gasteiger partial charge on any atom is -0.337 e. The Morgan fingerprint density at radius 1 is 1.17 bits per heavy atom. The molecule has 3 nitrogen and oxygen atoms in total. The fourth-order valence-electron chi connectivity index (χ4n) is 1.77. The maximum Gasteiger partial charge on any atom is 0.178 e. The van der Waals surface area contributed by atoms with Gasteiger partial charge in [0.05, 0.1) is 10.5 Å². The zero-order chi connectivity index (χ0) is 12.7. The quantitative estimate of drug-likeness (QED) is 0.725. The van der Waals surface area contributed by atoms with Gasteiger partial charge in [-0.15, -0.1) is 0 Å². The molecular weight excluding hydrogens is 253 g/mol. The van der Waals surface area contributed by atoms with Gasteiger partial charge in [-0.25, -0.2) is 14.4 Å². The van der Waals surface area contributed by atoms with Crippen molar-refractivity contribution < 1.29 is 4.39 Å². The topological polar surface area (TPSA) is 41.6 Å². The monoisotopic (exact) mass is 261 g/mol. The second-order valence-electron chi connectivity index (χ2n) is 4.04. The molecule has 3 rings (SSSR count). The summed E-state index contributed by atoms with van der Waals surface area (Å²) in [4.78, 5) is 11.8. The van der Waals surface area contributed by atoms with Crippen LogP contribution in [0.1, 0.15) is 5.69 Å². The molecule has 0 aliphatic carbocycles. The molecule has 0 aliphatic rings. The summed E-state index contributed by atoms with van der Waals surface area (Å²) < 4.78 is 13.1. The number of imidazole rings is 1. The Balaban J connectivity index is 2.16. The Kier molecular flexibility index (Phi) is 2.52. The molecule has 1 aromatic carbocycles. The summed E-state index contributed by atoms with van der Waals surface area (Å²) in [7, 11) is 0. The average Bonchev–Trinajstić information content (AvgIpc) is 2.75. The predicted octanol–water partition coefficient (Wildman–Crippen LogP) is 3.73. The molecule has 2 heterocycles. The van der Waals surface area contributed by atoms with Gasteiger partial charge >= 0.3 is 0 Å². The molecule has 3 aromatic rings.